The summed E-state index contributed by atoms with van der Waals surface area (Å²) in [5.74, 6) is 0.755. The fraction of sp³-hybridized carbons (Fsp3) is 0.333. The van der Waals surface area contributed by atoms with Gasteiger partial charge < -0.3 is 10.1 Å². The topological polar surface area (TPSA) is 65.4 Å². The number of hydrogen-bond acceptors (Lipinski definition) is 5. The summed E-state index contributed by atoms with van der Waals surface area (Å²) in [6, 6.07) is 12.2. The van der Waals surface area contributed by atoms with Crippen molar-refractivity contribution in [3.8, 4) is 11.8 Å². The number of ether oxygens (including phenoxy) is 1. The number of nitrogens with zero attached hydrogens (tertiary/aromatic N) is 2. The van der Waals surface area contributed by atoms with E-state index in [9.17, 15) is 4.79 Å². The normalized spacial score (nSPS) is 13.5. The molecule has 6 heteroatoms. The van der Waals surface area contributed by atoms with Crippen molar-refractivity contribution in [1.29, 1.82) is 5.26 Å². The SMILES string of the molecule is COc1ccc(CN(CC(=O)Nc2sccc2C#N)C2CC2)cc1. The number of hydrogen-bond donors (Lipinski definition) is 1. The van der Waals surface area contributed by atoms with Gasteiger partial charge in [0.1, 0.15) is 16.8 Å². The number of nitrogens with one attached hydrogen (secondary N) is 1. The minimum Gasteiger partial charge on any atom is -0.497 e. The predicted molar refractivity (Wildman–Crippen MR) is 94.1 cm³/mol. The third kappa shape index (κ3) is 4.13. The number of nitriles is 1. The number of benzene rings is 1. The van der Waals surface area contributed by atoms with E-state index in [2.05, 4.69) is 16.3 Å². The van der Waals surface area contributed by atoms with Gasteiger partial charge in [-0.05, 0) is 42.0 Å². The summed E-state index contributed by atoms with van der Waals surface area (Å²) in [5, 5.41) is 14.3. The third-order valence-corrected chi connectivity index (χ3v) is 4.82. The van der Waals surface area contributed by atoms with Crippen LogP contribution < -0.4 is 10.1 Å². The highest BCUT2D eigenvalue weighted by Crippen LogP contribution is 2.29. The summed E-state index contributed by atoms with van der Waals surface area (Å²) < 4.78 is 5.18. The van der Waals surface area contributed by atoms with Crippen LogP contribution in [0.5, 0.6) is 5.75 Å². The first-order valence-electron chi connectivity index (χ1n) is 7.84. The van der Waals surface area contributed by atoms with Gasteiger partial charge in [-0.3, -0.25) is 9.69 Å². The Labute approximate surface area is 145 Å². The van der Waals surface area contributed by atoms with Gasteiger partial charge in [-0.1, -0.05) is 12.1 Å². The number of rotatable bonds is 7. The maximum absolute atomic E-state index is 12.3. The van der Waals surface area contributed by atoms with Crippen molar-refractivity contribution in [2.45, 2.75) is 25.4 Å². The summed E-state index contributed by atoms with van der Waals surface area (Å²) in [6.07, 6.45) is 2.26. The van der Waals surface area contributed by atoms with E-state index < -0.39 is 0 Å². The maximum atomic E-state index is 12.3. The first kappa shape index (κ1) is 16.5. The van der Waals surface area contributed by atoms with Crippen LogP contribution in [0.25, 0.3) is 0 Å². The Kier molecular flexibility index (Phi) is 5.14. The summed E-state index contributed by atoms with van der Waals surface area (Å²) >= 11 is 1.37. The molecule has 1 N–H and O–H groups in total. The van der Waals surface area contributed by atoms with Gasteiger partial charge in [0.2, 0.25) is 5.91 Å². The van der Waals surface area contributed by atoms with Crippen molar-refractivity contribution in [1.82, 2.24) is 4.90 Å². The van der Waals surface area contributed by atoms with E-state index in [1.807, 2.05) is 29.6 Å². The minimum absolute atomic E-state index is 0.0747. The standard InChI is InChI=1S/C18H19N3O2S/c1-23-16-6-2-13(3-7-16)11-21(15-4-5-15)12-17(22)20-18-14(10-19)8-9-24-18/h2-3,6-9,15H,4-5,11-12H2,1H3,(H,20,22). The average molecular weight is 341 g/mol. The molecule has 0 unspecified atom stereocenters. The van der Waals surface area contributed by atoms with Crippen molar-refractivity contribution in [3.63, 3.8) is 0 Å². The Bertz CT molecular complexity index is 744. The van der Waals surface area contributed by atoms with E-state index in [0.717, 1.165) is 30.7 Å². The molecule has 0 aliphatic heterocycles. The molecule has 0 radical (unpaired) electrons. The molecule has 1 fully saturated rings. The van der Waals surface area contributed by atoms with E-state index in [1.165, 1.54) is 11.3 Å². The van der Waals surface area contributed by atoms with Crippen LogP contribution in [-0.2, 0) is 11.3 Å². The quantitative estimate of drug-likeness (QED) is 0.840. The second kappa shape index (κ2) is 7.47. The Morgan fingerprint density at radius 3 is 2.75 bits per heavy atom. The van der Waals surface area contributed by atoms with Gasteiger partial charge in [0.15, 0.2) is 0 Å². The molecule has 1 heterocycles. The molecule has 0 atom stereocenters. The third-order valence-electron chi connectivity index (χ3n) is 3.99. The van der Waals surface area contributed by atoms with Crippen LogP contribution in [0.3, 0.4) is 0 Å². The zero-order chi connectivity index (χ0) is 16.9. The highest BCUT2D eigenvalue weighted by molar-refractivity contribution is 7.14. The molecule has 1 amide bonds. The number of anilines is 1. The Balaban J connectivity index is 1.61. The summed E-state index contributed by atoms with van der Waals surface area (Å²) in [5.41, 5.74) is 1.67. The molecule has 1 aliphatic rings. The molecule has 2 aromatic rings. The molecule has 0 bridgehead atoms. The lowest BCUT2D eigenvalue weighted by Crippen LogP contribution is -2.34. The van der Waals surface area contributed by atoms with E-state index in [0.29, 0.717) is 23.2 Å². The highest BCUT2D eigenvalue weighted by atomic mass is 32.1. The molecule has 124 valence electrons. The second-order valence-electron chi connectivity index (χ2n) is 5.81. The van der Waals surface area contributed by atoms with Crippen molar-refractivity contribution in [3.05, 3.63) is 46.8 Å². The van der Waals surface area contributed by atoms with Gasteiger partial charge in [-0.25, -0.2) is 0 Å². The average Bonchev–Trinajstić information content (AvgIpc) is 3.35. The Morgan fingerprint density at radius 2 is 2.12 bits per heavy atom. The van der Waals surface area contributed by atoms with Crippen LogP contribution in [-0.4, -0.2) is 30.5 Å². The van der Waals surface area contributed by atoms with Crippen molar-refractivity contribution < 1.29 is 9.53 Å². The lowest BCUT2D eigenvalue weighted by Gasteiger charge is -2.21. The van der Waals surface area contributed by atoms with Crippen molar-refractivity contribution in [2.75, 3.05) is 19.0 Å². The number of thiophene rings is 1. The summed E-state index contributed by atoms with van der Waals surface area (Å²) in [4.78, 5) is 14.5. The van der Waals surface area contributed by atoms with Crippen LogP contribution >= 0.6 is 11.3 Å². The fourth-order valence-electron chi connectivity index (χ4n) is 2.56. The van der Waals surface area contributed by atoms with Crippen LogP contribution in [0.1, 0.15) is 24.0 Å². The first-order chi connectivity index (χ1) is 11.7. The van der Waals surface area contributed by atoms with Gasteiger partial charge >= 0.3 is 0 Å². The maximum Gasteiger partial charge on any atom is 0.239 e. The fourth-order valence-corrected chi connectivity index (χ4v) is 3.32. The molecule has 1 aromatic carbocycles. The van der Waals surface area contributed by atoms with Gasteiger partial charge in [0.05, 0.1) is 19.2 Å². The summed E-state index contributed by atoms with van der Waals surface area (Å²) in [7, 11) is 1.65. The smallest absolute Gasteiger partial charge is 0.239 e. The van der Waals surface area contributed by atoms with Crippen LogP contribution in [0.4, 0.5) is 5.00 Å². The molecule has 5 nitrogen and oxygen atoms in total. The molecule has 0 spiro atoms. The van der Waals surface area contributed by atoms with Gasteiger partial charge in [0.25, 0.3) is 0 Å². The Morgan fingerprint density at radius 1 is 1.38 bits per heavy atom. The molecular weight excluding hydrogens is 322 g/mol. The van der Waals surface area contributed by atoms with E-state index in [-0.39, 0.29) is 5.91 Å². The molecule has 0 saturated heterocycles. The predicted octanol–water partition coefficient (Wildman–Crippen LogP) is 3.23. The Hall–Kier alpha value is -2.36. The molecule has 1 aliphatic carbocycles. The van der Waals surface area contributed by atoms with E-state index in [4.69, 9.17) is 10.00 Å². The van der Waals surface area contributed by atoms with Gasteiger partial charge in [-0.15, -0.1) is 11.3 Å². The van der Waals surface area contributed by atoms with E-state index in [1.54, 1.807) is 13.2 Å². The van der Waals surface area contributed by atoms with Gasteiger partial charge in [0, 0.05) is 12.6 Å². The monoisotopic (exact) mass is 341 g/mol. The van der Waals surface area contributed by atoms with Crippen LogP contribution in [0, 0.1) is 11.3 Å². The zero-order valence-electron chi connectivity index (χ0n) is 13.5. The molecule has 3 rings (SSSR count). The first-order valence-corrected chi connectivity index (χ1v) is 8.72. The highest BCUT2D eigenvalue weighted by Gasteiger charge is 2.30. The zero-order valence-corrected chi connectivity index (χ0v) is 14.3. The van der Waals surface area contributed by atoms with E-state index >= 15 is 0 Å². The lowest BCUT2D eigenvalue weighted by molar-refractivity contribution is -0.117. The van der Waals surface area contributed by atoms with Crippen LogP contribution in [0.15, 0.2) is 35.7 Å². The number of amides is 1. The second-order valence-corrected chi connectivity index (χ2v) is 6.72. The largest absolute Gasteiger partial charge is 0.497 e. The van der Waals surface area contributed by atoms with Gasteiger partial charge in [-0.2, -0.15) is 5.26 Å². The number of methoxy groups -OCH3 is 1. The van der Waals surface area contributed by atoms with Crippen molar-refractivity contribution >= 4 is 22.2 Å². The number of carbonyl (C=O) groups excluding carboxylic acids is 1. The summed E-state index contributed by atoms with van der Waals surface area (Å²) in [6.45, 7) is 1.07. The molecule has 24 heavy (non-hydrogen) atoms. The lowest BCUT2D eigenvalue weighted by atomic mass is 10.2. The minimum atomic E-state index is -0.0747. The van der Waals surface area contributed by atoms with Crippen LogP contribution in [0.2, 0.25) is 0 Å². The molecule has 1 saturated carbocycles. The molecule has 1 aromatic heterocycles. The van der Waals surface area contributed by atoms with Crippen molar-refractivity contribution in [2.24, 2.45) is 0 Å². The molecular formula is C18H19N3O2S. The number of carbonyl (C=O) groups is 1.